The zero-order chi connectivity index (χ0) is 25.6. The van der Waals surface area contributed by atoms with Crippen LogP contribution in [-0.2, 0) is 9.84 Å². The van der Waals surface area contributed by atoms with Crippen LogP contribution in [0.3, 0.4) is 0 Å². The summed E-state index contributed by atoms with van der Waals surface area (Å²) in [6.45, 7) is 6.43. The van der Waals surface area contributed by atoms with Crippen molar-refractivity contribution in [3.8, 4) is 0 Å². The van der Waals surface area contributed by atoms with Crippen LogP contribution in [0.1, 0.15) is 31.4 Å². The molecule has 0 spiro atoms. The number of benzene rings is 1. The third kappa shape index (κ3) is 5.27. The quantitative estimate of drug-likeness (QED) is 0.433. The molecule has 2 aliphatic rings. The fourth-order valence-electron chi connectivity index (χ4n) is 5.35. The lowest BCUT2D eigenvalue weighted by Crippen LogP contribution is -2.54. The highest BCUT2D eigenvalue weighted by atomic mass is 35.5. The predicted molar refractivity (Wildman–Crippen MR) is 143 cm³/mol. The van der Waals surface area contributed by atoms with Crippen molar-refractivity contribution in [3.05, 3.63) is 40.0 Å². The third-order valence-corrected chi connectivity index (χ3v) is 8.97. The van der Waals surface area contributed by atoms with Crippen molar-refractivity contribution >= 4 is 55.8 Å². The van der Waals surface area contributed by atoms with Gasteiger partial charge in [-0.15, -0.1) is 4.68 Å². The first-order chi connectivity index (χ1) is 17.1. The van der Waals surface area contributed by atoms with Crippen LogP contribution in [0.2, 0.25) is 10.0 Å². The minimum Gasteiger partial charge on any atom is -0.381 e. The Hall–Kier alpha value is -2.14. The number of hydrogen-bond acceptors (Lipinski definition) is 7. The lowest BCUT2D eigenvalue weighted by molar-refractivity contribution is -0.740. The number of nitrogens with zero attached hydrogens (tertiary/aromatic N) is 5. The van der Waals surface area contributed by atoms with E-state index in [2.05, 4.69) is 19.9 Å². The van der Waals surface area contributed by atoms with Crippen LogP contribution in [-0.4, -0.2) is 73.1 Å². The molecule has 12 heteroatoms. The Kier molecular flexibility index (Phi) is 7.06. The molecular weight excluding hydrogens is 521 g/mol. The SMILES string of the molecule is CC(c1ccc(Cl)cc1Cl)[n+]1[nH]c(N)c2ncc(N3CC(C4CCCN(CCS(C)(=O)=O)C4)C3)nc21. The van der Waals surface area contributed by atoms with Crippen molar-refractivity contribution in [2.24, 2.45) is 11.8 Å². The zero-order valence-electron chi connectivity index (χ0n) is 20.5. The highest BCUT2D eigenvalue weighted by Crippen LogP contribution is 2.34. The molecule has 0 radical (unpaired) electrons. The van der Waals surface area contributed by atoms with Crippen molar-refractivity contribution in [1.29, 1.82) is 0 Å². The Morgan fingerprint density at radius 2 is 2.03 bits per heavy atom. The number of aromatic amines is 1. The number of H-pyrrole nitrogens is 1. The molecule has 0 saturated carbocycles. The number of nitrogens with one attached hydrogen (secondary N) is 1. The van der Waals surface area contributed by atoms with Crippen molar-refractivity contribution in [1.82, 2.24) is 20.0 Å². The minimum atomic E-state index is -2.94. The molecule has 194 valence electrons. The summed E-state index contributed by atoms with van der Waals surface area (Å²) in [4.78, 5) is 14.1. The Labute approximate surface area is 221 Å². The van der Waals surface area contributed by atoms with Gasteiger partial charge in [0.2, 0.25) is 5.52 Å². The van der Waals surface area contributed by atoms with Crippen LogP contribution in [0, 0.1) is 11.8 Å². The number of halogens is 2. The monoisotopic (exact) mass is 552 g/mol. The lowest BCUT2D eigenvalue weighted by Gasteiger charge is -2.46. The molecule has 5 rings (SSSR count). The molecular formula is C24H32Cl2N7O2S+. The summed E-state index contributed by atoms with van der Waals surface area (Å²) in [5.74, 6) is 2.65. The van der Waals surface area contributed by atoms with E-state index in [4.69, 9.17) is 33.9 Å². The van der Waals surface area contributed by atoms with Crippen molar-refractivity contribution < 1.29 is 13.1 Å². The Morgan fingerprint density at radius 3 is 2.75 bits per heavy atom. The van der Waals surface area contributed by atoms with Gasteiger partial charge in [-0.25, -0.2) is 18.5 Å². The van der Waals surface area contributed by atoms with E-state index in [-0.39, 0.29) is 11.8 Å². The van der Waals surface area contributed by atoms with Crippen LogP contribution >= 0.6 is 23.2 Å². The number of nitrogen functional groups attached to an aromatic ring is 1. The molecule has 0 bridgehead atoms. The maximum absolute atomic E-state index is 11.6. The van der Waals surface area contributed by atoms with Gasteiger partial charge >= 0.3 is 5.65 Å². The van der Waals surface area contributed by atoms with Crippen molar-refractivity contribution in [2.45, 2.75) is 25.8 Å². The molecule has 2 atom stereocenters. The number of likely N-dealkylation sites (tertiary alicyclic amines) is 1. The normalized spacial score (nSPS) is 20.6. The molecule has 2 saturated heterocycles. The minimum absolute atomic E-state index is 0.150. The second-order valence-corrected chi connectivity index (χ2v) is 13.2. The third-order valence-electron chi connectivity index (χ3n) is 7.49. The van der Waals surface area contributed by atoms with Gasteiger partial charge in [0.25, 0.3) is 5.82 Å². The second-order valence-electron chi connectivity index (χ2n) is 10.1. The standard InChI is InChI=1S/C24H31Cl2N7O2S/c1-15(19-6-5-18(25)10-20(19)26)33-24-22(23(27)30-33)28-11-21(29-24)32-13-17(14-32)16-4-3-7-31(12-16)8-9-36(2,34)35/h5-6,10-11,15-17H,3-4,7-9,12-14H2,1-2H3,(H2,27,30)/p+1. The first-order valence-corrected chi connectivity index (χ1v) is 15.1. The van der Waals surface area contributed by atoms with Crippen LogP contribution in [0.25, 0.3) is 11.2 Å². The smallest absolute Gasteiger partial charge is 0.374 e. The molecule has 2 fully saturated rings. The van der Waals surface area contributed by atoms with Gasteiger partial charge < -0.3 is 15.5 Å². The lowest BCUT2D eigenvalue weighted by atomic mass is 9.80. The summed E-state index contributed by atoms with van der Waals surface area (Å²) >= 11 is 12.5. The van der Waals surface area contributed by atoms with Gasteiger partial charge in [0.05, 0.1) is 11.9 Å². The van der Waals surface area contributed by atoms with Crippen LogP contribution in [0.15, 0.2) is 24.4 Å². The van der Waals surface area contributed by atoms with Crippen molar-refractivity contribution in [3.63, 3.8) is 0 Å². The molecule has 1 aromatic carbocycles. The van der Waals surface area contributed by atoms with Gasteiger partial charge in [0.1, 0.15) is 15.9 Å². The molecule has 3 N–H and O–H groups in total. The van der Waals surface area contributed by atoms with E-state index >= 15 is 0 Å². The largest absolute Gasteiger partial charge is 0.381 e. The van der Waals surface area contributed by atoms with Crippen LogP contribution in [0.4, 0.5) is 11.6 Å². The van der Waals surface area contributed by atoms with Gasteiger partial charge in [-0.2, -0.15) is 0 Å². The first-order valence-electron chi connectivity index (χ1n) is 12.2. The number of fused-ring (bicyclic) bond motifs is 1. The summed E-state index contributed by atoms with van der Waals surface area (Å²) in [6.07, 6.45) is 5.39. The predicted octanol–water partition coefficient (Wildman–Crippen LogP) is 2.94. The molecule has 2 aliphatic heterocycles. The van der Waals surface area contributed by atoms with Gasteiger partial charge in [0, 0.05) is 48.0 Å². The van der Waals surface area contributed by atoms with E-state index in [1.165, 1.54) is 12.7 Å². The number of aromatic nitrogens is 4. The van der Waals surface area contributed by atoms with Crippen LogP contribution in [0.5, 0.6) is 0 Å². The number of anilines is 2. The summed E-state index contributed by atoms with van der Waals surface area (Å²) in [5.41, 5.74) is 8.43. The van der Waals surface area contributed by atoms with Gasteiger partial charge in [-0.3, -0.25) is 0 Å². The van der Waals surface area contributed by atoms with E-state index in [0.717, 1.165) is 44.0 Å². The highest BCUT2D eigenvalue weighted by Gasteiger charge is 2.38. The summed E-state index contributed by atoms with van der Waals surface area (Å²) in [6, 6.07) is 5.31. The highest BCUT2D eigenvalue weighted by molar-refractivity contribution is 7.90. The number of hydrogen-bond donors (Lipinski definition) is 2. The molecule has 9 nitrogen and oxygen atoms in total. The molecule has 0 aliphatic carbocycles. The maximum Gasteiger partial charge on any atom is 0.374 e. The molecule has 4 heterocycles. The van der Waals surface area contributed by atoms with Gasteiger partial charge in [-0.05, 0) is 55.3 Å². The number of sulfone groups is 1. The number of rotatable bonds is 7. The topological polar surface area (TPSA) is 112 Å². The first kappa shape index (κ1) is 25.5. The van der Waals surface area contributed by atoms with Gasteiger partial charge in [-0.1, -0.05) is 29.3 Å². The average Bonchev–Trinajstić information content (AvgIpc) is 3.12. The number of nitrogens with two attached hydrogens (primary N) is 1. The van der Waals surface area contributed by atoms with E-state index in [1.807, 2.05) is 23.7 Å². The van der Waals surface area contributed by atoms with Crippen LogP contribution < -0.4 is 15.3 Å². The summed E-state index contributed by atoms with van der Waals surface area (Å²) in [5, 5.41) is 4.36. The fraction of sp³-hybridized carbons (Fsp3) is 0.542. The molecule has 2 aromatic heterocycles. The van der Waals surface area contributed by atoms with E-state index < -0.39 is 9.84 Å². The van der Waals surface area contributed by atoms with Crippen molar-refractivity contribution in [2.75, 3.05) is 55.4 Å². The maximum atomic E-state index is 11.6. The van der Waals surface area contributed by atoms with Gasteiger partial charge in [0.15, 0.2) is 5.82 Å². The Morgan fingerprint density at radius 1 is 1.25 bits per heavy atom. The van der Waals surface area contributed by atoms with E-state index in [9.17, 15) is 8.42 Å². The Balaban J connectivity index is 1.29. The molecule has 36 heavy (non-hydrogen) atoms. The molecule has 3 aromatic rings. The van der Waals surface area contributed by atoms with E-state index in [1.54, 1.807) is 12.3 Å². The summed E-state index contributed by atoms with van der Waals surface area (Å²) < 4.78 is 25.0. The zero-order valence-corrected chi connectivity index (χ0v) is 22.8. The molecule has 2 unspecified atom stereocenters. The van der Waals surface area contributed by atoms with E-state index in [0.29, 0.717) is 45.4 Å². The fourth-order valence-corrected chi connectivity index (χ4v) is 6.50. The second kappa shape index (κ2) is 9.96. The molecule has 0 amide bonds. The summed E-state index contributed by atoms with van der Waals surface area (Å²) in [7, 11) is -2.94. The number of piperidine rings is 1. The average molecular weight is 554 g/mol. The Bertz CT molecular complexity index is 1370.